The van der Waals surface area contributed by atoms with Crippen molar-refractivity contribution >= 4 is 66.0 Å². The maximum absolute atomic E-state index is 12.6. The number of carbonyl (C=O) groups excluding carboxylic acids is 2. The summed E-state index contributed by atoms with van der Waals surface area (Å²) >= 11 is 10.5. The van der Waals surface area contributed by atoms with Gasteiger partial charge in [0.05, 0.1) is 9.72 Å². The lowest BCUT2D eigenvalue weighted by Crippen LogP contribution is -2.45. The summed E-state index contributed by atoms with van der Waals surface area (Å²) in [6.07, 6.45) is 0. The first kappa shape index (κ1) is 16.0. The standard InChI is InChI=1S/C14H9BrClN3O3S/c1-7(20)18-19(13(21)9-5-6-11(15)22-9)14-17-12-8(16)3-2-4-10(12)23-14/h2-6H,1H3,(H,18,20). The maximum atomic E-state index is 12.6. The van der Waals surface area contributed by atoms with E-state index in [1.165, 1.54) is 24.3 Å². The summed E-state index contributed by atoms with van der Waals surface area (Å²) in [7, 11) is 0. The molecule has 2 amide bonds. The van der Waals surface area contributed by atoms with Gasteiger partial charge in [-0.2, -0.15) is 5.01 Å². The fraction of sp³-hybridized carbons (Fsp3) is 0.0714. The number of nitrogens with zero attached hydrogens (tertiary/aromatic N) is 2. The Morgan fingerprint density at radius 1 is 1.35 bits per heavy atom. The molecule has 0 aliphatic heterocycles. The third kappa shape index (κ3) is 3.24. The number of anilines is 1. The minimum atomic E-state index is -0.541. The number of fused-ring (bicyclic) bond motifs is 1. The van der Waals surface area contributed by atoms with Crippen LogP contribution in [0.3, 0.4) is 0 Å². The Morgan fingerprint density at radius 2 is 2.13 bits per heavy atom. The number of hydrogen-bond acceptors (Lipinski definition) is 5. The second-order valence-corrected chi connectivity index (χ2v) is 6.69. The van der Waals surface area contributed by atoms with E-state index >= 15 is 0 Å². The van der Waals surface area contributed by atoms with Gasteiger partial charge in [0.2, 0.25) is 11.0 Å². The van der Waals surface area contributed by atoms with Gasteiger partial charge in [0.1, 0.15) is 5.52 Å². The molecule has 0 atom stereocenters. The molecule has 0 bridgehead atoms. The topological polar surface area (TPSA) is 75.4 Å². The SMILES string of the molecule is CC(=O)NN(C(=O)c1ccc(Br)o1)c1nc2c(Cl)cccc2s1. The molecule has 0 radical (unpaired) electrons. The summed E-state index contributed by atoms with van der Waals surface area (Å²) in [5, 5.41) is 1.82. The highest BCUT2D eigenvalue weighted by Gasteiger charge is 2.25. The number of thiazole rings is 1. The Balaban J connectivity index is 2.05. The van der Waals surface area contributed by atoms with Gasteiger partial charge in [0.15, 0.2) is 10.4 Å². The van der Waals surface area contributed by atoms with Gasteiger partial charge in [-0.15, -0.1) is 0 Å². The quantitative estimate of drug-likeness (QED) is 0.643. The van der Waals surface area contributed by atoms with E-state index in [4.69, 9.17) is 16.0 Å². The first-order valence-corrected chi connectivity index (χ1v) is 8.36. The number of amides is 2. The van der Waals surface area contributed by atoms with Crippen LogP contribution in [-0.4, -0.2) is 16.8 Å². The molecule has 0 saturated heterocycles. The summed E-state index contributed by atoms with van der Waals surface area (Å²) in [4.78, 5) is 28.4. The summed E-state index contributed by atoms with van der Waals surface area (Å²) in [6, 6.07) is 8.43. The van der Waals surface area contributed by atoms with E-state index in [0.717, 1.165) is 9.71 Å². The summed E-state index contributed by atoms with van der Waals surface area (Å²) < 4.78 is 6.47. The third-order valence-electron chi connectivity index (χ3n) is 2.81. The van der Waals surface area contributed by atoms with Gasteiger partial charge in [-0.05, 0) is 40.2 Å². The molecule has 1 N–H and O–H groups in total. The van der Waals surface area contributed by atoms with Crippen LogP contribution < -0.4 is 10.4 Å². The van der Waals surface area contributed by atoms with Crippen molar-refractivity contribution in [2.45, 2.75) is 6.92 Å². The van der Waals surface area contributed by atoms with Crippen LogP contribution in [-0.2, 0) is 4.79 Å². The van der Waals surface area contributed by atoms with Gasteiger partial charge in [-0.1, -0.05) is 29.0 Å². The molecular formula is C14H9BrClN3O3S. The molecule has 3 rings (SSSR count). The van der Waals surface area contributed by atoms with Crippen molar-refractivity contribution in [1.29, 1.82) is 0 Å². The minimum Gasteiger partial charge on any atom is -0.444 e. The minimum absolute atomic E-state index is 0.0657. The predicted octanol–water partition coefficient (Wildman–Crippen LogP) is 4.00. The Kier molecular flexibility index (Phi) is 4.38. The number of para-hydroxylation sites is 1. The van der Waals surface area contributed by atoms with Crippen molar-refractivity contribution in [3.63, 3.8) is 0 Å². The molecule has 0 aliphatic rings. The Labute approximate surface area is 148 Å². The van der Waals surface area contributed by atoms with Gasteiger partial charge in [0, 0.05) is 6.92 Å². The Bertz CT molecular complexity index is 908. The number of benzene rings is 1. The number of nitrogens with one attached hydrogen (secondary N) is 1. The number of carbonyl (C=O) groups is 2. The van der Waals surface area contributed by atoms with E-state index in [2.05, 4.69) is 26.3 Å². The van der Waals surface area contributed by atoms with Crippen LogP contribution in [0.1, 0.15) is 17.5 Å². The second kappa shape index (κ2) is 6.31. The number of furan rings is 1. The number of rotatable bonds is 2. The molecule has 9 heteroatoms. The molecular weight excluding hydrogens is 406 g/mol. The molecule has 1 aromatic carbocycles. The van der Waals surface area contributed by atoms with Gasteiger partial charge in [-0.25, -0.2) is 4.98 Å². The highest BCUT2D eigenvalue weighted by Crippen LogP contribution is 2.33. The summed E-state index contributed by atoms with van der Waals surface area (Å²) in [5.74, 6) is -0.883. The molecule has 6 nitrogen and oxygen atoms in total. The summed E-state index contributed by atoms with van der Waals surface area (Å²) in [6.45, 7) is 1.30. The highest BCUT2D eigenvalue weighted by atomic mass is 79.9. The van der Waals surface area contributed by atoms with E-state index in [9.17, 15) is 9.59 Å². The largest absolute Gasteiger partial charge is 0.444 e. The van der Waals surface area contributed by atoms with Crippen LogP contribution >= 0.6 is 38.9 Å². The zero-order chi connectivity index (χ0) is 16.6. The van der Waals surface area contributed by atoms with Crippen molar-refractivity contribution in [2.75, 3.05) is 5.01 Å². The van der Waals surface area contributed by atoms with Crippen molar-refractivity contribution in [1.82, 2.24) is 10.4 Å². The maximum Gasteiger partial charge on any atom is 0.314 e. The molecule has 0 spiro atoms. The van der Waals surface area contributed by atoms with Crippen LogP contribution in [0.4, 0.5) is 5.13 Å². The van der Waals surface area contributed by atoms with Crippen molar-refractivity contribution in [3.05, 3.63) is 45.8 Å². The fourth-order valence-corrected chi connectivity index (χ4v) is 3.41. The van der Waals surface area contributed by atoms with Crippen LogP contribution in [0.15, 0.2) is 39.4 Å². The lowest BCUT2D eigenvalue weighted by Gasteiger charge is -2.18. The molecule has 118 valence electrons. The molecule has 0 fully saturated rings. The molecule has 0 unspecified atom stereocenters. The molecule has 2 aromatic heterocycles. The molecule has 2 heterocycles. The van der Waals surface area contributed by atoms with Crippen molar-refractivity contribution < 1.29 is 14.0 Å². The normalized spacial score (nSPS) is 10.7. The van der Waals surface area contributed by atoms with Crippen LogP contribution in [0, 0.1) is 0 Å². The van der Waals surface area contributed by atoms with E-state index in [1.807, 2.05) is 6.07 Å². The number of hydrogen-bond donors (Lipinski definition) is 1. The van der Waals surface area contributed by atoms with Crippen LogP contribution in [0.25, 0.3) is 10.2 Å². The number of hydrazine groups is 1. The van der Waals surface area contributed by atoms with E-state index in [1.54, 1.807) is 18.2 Å². The monoisotopic (exact) mass is 413 g/mol. The van der Waals surface area contributed by atoms with Crippen molar-refractivity contribution in [2.24, 2.45) is 0 Å². The van der Waals surface area contributed by atoms with Gasteiger partial charge < -0.3 is 4.42 Å². The average molecular weight is 415 g/mol. The lowest BCUT2D eigenvalue weighted by atomic mass is 10.3. The number of aromatic nitrogens is 1. The smallest absolute Gasteiger partial charge is 0.314 e. The molecule has 23 heavy (non-hydrogen) atoms. The average Bonchev–Trinajstić information content (AvgIpc) is 3.11. The Hall–Kier alpha value is -1.90. The van der Waals surface area contributed by atoms with Gasteiger partial charge >= 0.3 is 5.91 Å². The van der Waals surface area contributed by atoms with Gasteiger partial charge in [-0.3, -0.25) is 15.0 Å². The Morgan fingerprint density at radius 3 is 2.74 bits per heavy atom. The predicted molar refractivity (Wildman–Crippen MR) is 91.7 cm³/mol. The highest BCUT2D eigenvalue weighted by molar-refractivity contribution is 9.10. The van der Waals surface area contributed by atoms with E-state index in [0.29, 0.717) is 20.3 Å². The summed E-state index contributed by atoms with van der Waals surface area (Å²) in [5.41, 5.74) is 3.03. The zero-order valence-corrected chi connectivity index (χ0v) is 14.8. The molecule has 3 aromatic rings. The van der Waals surface area contributed by atoms with Gasteiger partial charge in [0.25, 0.3) is 0 Å². The lowest BCUT2D eigenvalue weighted by molar-refractivity contribution is -0.119. The van der Waals surface area contributed by atoms with Crippen molar-refractivity contribution in [3.8, 4) is 0 Å². The van der Waals surface area contributed by atoms with E-state index < -0.39 is 11.8 Å². The number of halogens is 2. The van der Waals surface area contributed by atoms with Crippen LogP contribution in [0.2, 0.25) is 5.02 Å². The molecule has 0 saturated carbocycles. The fourth-order valence-electron chi connectivity index (χ4n) is 1.88. The second-order valence-electron chi connectivity index (χ2n) is 4.50. The third-order valence-corrected chi connectivity index (χ3v) is 4.54. The molecule has 0 aliphatic carbocycles. The van der Waals surface area contributed by atoms with Crippen LogP contribution in [0.5, 0.6) is 0 Å². The zero-order valence-electron chi connectivity index (χ0n) is 11.7. The van der Waals surface area contributed by atoms with E-state index in [-0.39, 0.29) is 5.76 Å². The first-order valence-electron chi connectivity index (χ1n) is 6.38. The first-order chi connectivity index (χ1) is 11.0.